The summed E-state index contributed by atoms with van der Waals surface area (Å²) in [6.45, 7) is 0. The normalized spacial score (nSPS) is 10.2. The molecule has 0 bridgehead atoms. The largest absolute Gasteiger partial charge is 0.277 e. The van der Waals surface area contributed by atoms with E-state index < -0.39 is 0 Å². The zero-order chi connectivity index (χ0) is 12.3. The third kappa shape index (κ3) is 2.34. The molecule has 0 aliphatic carbocycles. The van der Waals surface area contributed by atoms with Gasteiger partial charge in [0, 0.05) is 25.0 Å². The van der Waals surface area contributed by atoms with E-state index >= 15 is 0 Å². The molecule has 0 radical (unpaired) electrons. The Kier molecular flexibility index (Phi) is 3.20. The first-order chi connectivity index (χ1) is 8.22. The molecule has 0 saturated carbocycles. The van der Waals surface area contributed by atoms with Crippen LogP contribution in [0.3, 0.4) is 0 Å². The summed E-state index contributed by atoms with van der Waals surface area (Å²) in [5.41, 5.74) is 1.48. The van der Waals surface area contributed by atoms with E-state index in [-0.39, 0.29) is 5.91 Å². The molecule has 1 aromatic carbocycles. The number of aromatic nitrogens is 2. The molecule has 0 saturated heterocycles. The van der Waals surface area contributed by atoms with Gasteiger partial charge in [-0.3, -0.25) is 9.63 Å². The van der Waals surface area contributed by atoms with Gasteiger partial charge in [-0.2, -0.15) is 5.10 Å². The van der Waals surface area contributed by atoms with Crippen LogP contribution in [0.4, 0.5) is 0 Å². The van der Waals surface area contributed by atoms with Crippen LogP contribution < -0.4 is 0 Å². The minimum absolute atomic E-state index is 0.181. The van der Waals surface area contributed by atoms with Crippen molar-refractivity contribution in [1.29, 1.82) is 0 Å². The first-order valence-corrected chi connectivity index (χ1v) is 5.14. The third-order valence-electron chi connectivity index (χ3n) is 2.44. The molecule has 1 amide bonds. The van der Waals surface area contributed by atoms with Gasteiger partial charge in [0.15, 0.2) is 0 Å². The maximum atomic E-state index is 11.8. The van der Waals surface area contributed by atoms with Gasteiger partial charge in [-0.05, 0) is 30.3 Å². The first kappa shape index (κ1) is 11.3. The van der Waals surface area contributed by atoms with Gasteiger partial charge in [0.1, 0.15) is 0 Å². The molecule has 1 aromatic heterocycles. The van der Waals surface area contributed by atoms with Gasteiger partial charge in [-0.1, -0.05) is 0 Å². The minimum atomic E-state index is -0.181. The average molecular weight is 231 g/mol. The van der Waals surface area contributed by atoms with Gasteiger partial charge in [0.05, 0.1) is 12.8 Å². The summed E-state index contributed by atoms with van der Waals surface area (Å²) in [7, 11) is 3.03. The van der Waals surface area contributed by atoms with Crippen molar-refractivity contribution in [2.24, 2.45) is 0 Å². The highest BCUT2D eigenvalue weighted by molar-refractivity contribution is 5.93. The van der Waals surface area contributed by atoms with E-state index in [0.717, 1.165) is 5.69 Å². The number of hydrogen-bond donors (Lipinski definition) is 0. The van der Waals surface area contributed by atoms with Crippen LogP contribution >= 0.6 is 0 Å². The number of rotatable bonds is 3. The molecule has 0 aliphatic heterocycles. The molecule has 0 atom stereocenters. The van der Waals surface area contributed by atoms with Crippen LogP contribution in [0.5, 0.6) is 0 Å². The maximum Gasteiger partial charge on any atom is 0.277 e. The van der Waals surface area contributed by atoms with Crippen LogP contribution in [-0.4, -0.2) is 34.9 Å². The van der Waals surface area contributed by atoms with E-state index in [0.29, 0.717) is 5.56 Å². The van der Waals surface area contributed by atoms with Crippen LogP contribution in [0.1, 0.15) is 10.4 Å². The Labute approximate surface area is 99.2 Å². The van der Waals surface area contributed by atoms with Gasteiger partial charge in [0.25, 0.3) is 5.91 Å². The van der Waals surface area contributed by atoms with E-state index in [4.69, 9.17) is 4.84 Å². The lowest BCUT2D eigenvalue weighted by atomic mass is 10.2. The molecule has 0 fully saturated rings. The molecule has 2 aromatic rings. The molecule has 5 nitrogen and oxygen atoms in total. The lowest BCUT2D eigenvalue weighted by Gasteiger charge is -2.13. The Morgan fingerprint density at radius 1 is 1.35 bits per heavy atom. The molecule has 0 unspecified atom stereocenters. The fraction of sp³-hybridized carbons (Fsp3) is 0.167. The summed E-state index contributed by atoms with van der Waals surface area (Å²) in [6, 6.07) is 9.01. The Morgan fingerprint density at radius 3 is 2.59 bits per heavy atom. The predicted molar refractivity (Wildman–Crippen MR) is 62.7 cm³/mol. The summed E-state index contributed by atoms with van der Waals surface area (Å²) in [4.78, 5) is 16.6. The van der Waals surface area contributed by atoms with Gasteiger partial charge < -0.3 is 0 Å². The molecule has 5 heteroatoms. The highest BCUT2D eigenvalue weighted by Gasteiger charge is 2.10. The van der Waals surface area contributed by atoms with Gasteiger partial charge in [-0.15, -0.1) is 0 Å². The second-order valence-corrected chi connectivity index (χ2v) is 3.48. The zero-order valence-corrected chi connectivity index (χ0v) is 9.70. The van der Waals surface area contributed by atoms with Crippen molar-refractivity contribution in [1.82, 2.24) is 14.8 Å². The number of hydrogen-bond acceptors (Lipinski definition) is 3. The van der Waals surface area contributed by atoms with Crippen molar-refractivity contribution in [3.05, 3.63) is 48.3 Å². The van der Waals surface area contributed by atoms with E-state index in [1.165, 1.54) is 12.2 Å². The van der Waals surface area contributed by atoms with Crippen molar-refractivity contribution < 1.29 is 9.63 Å². The third-order valence-corrected chi connectivity index (χ3v) is 2.44. The van der Waals surface area contributed by atoms with Crippen LogP contribution in [0.25, 0.3) is 5.69 Å². The van der Waals surface area contributed by atoms with Crippen molar-refractivity contribution in [2.75, 3.05) is 14.2 Å². The number of benzene rings is 1. The molecular weight excluding hydrogens is 218 g/mol. The second-order valence-electron chi connectivity index (χ2n) is 3.48. The van der Waals surface area contributed by atoms with E-state index in [9.17, 15) is 4.79 Å². The summed E-state index contributed by atoms with van der Waals surface area (Å²) < 4.78 is 1.73. The molecule has 88 valence electrons. The summed E-state index contributed by atoms with van der Waals surface area (Å²) in [6.07, 6.45) is 3.55. The predicted octanol–water partition coefficient (Wildman–Crippen LogP) is 1.51. The van der Waals surface area contributed by atoms with Crippen molar-refractivity contribution >= 4 is 5.91 Å². The number of amides is 1. The van der Waals surface area contributed by atoms with E-state index in [1.54, 1.807) is 30.1 Å². The maximum absolute atomic E-state index is 11.8. The molecular formula is C12H13N3O2. The number of carbonyl (C=O) groups is 1. The number of nitrogens with zero attached hydrogens (tertiary/aromatic N) is 3. The van der Waals surface area contributed by atoms with Gasteiger partial charge in [0.2, 0.25) is 0 Å². The quantitative estimate of drug-likeness (QED) is 0.752. The lowest BCUT2D eigenvalue weighted by molar-refractivity contribution is -0.0756. The van der Waals surface area contributed by atoms with Crippen molar-refractivity contribution in [2.45, 2.75) is 0 Å². The van der Waals surface area contributed by atoms with Crippen molar-refractivity contribution in [3.8, 4) is 5.69 Å². The molecule has 0 aliphatic rings. The zero-order valence-electron chi connectivity index (χ0n) is 9.70. The van der Waals surface area contributed by atoms with Crippen molar-refractivity contribution in [3.63, 3.8) is 0 Å². The van der Waals surface area contributed by atoms with Crippen LogP contribution in [-0.2, 0) is 4.84 Å². The smallest absolute Gasteiger partial charge is 0.274 e. The Balaban J connectivity index is 2.22. The molecule has 2 rings (SSSR count). The molecule has 0 spiro atoms. The van der Waals surface area contributed by atoms with E-state index in [1.807, 2.05) is 24.4 Å². The monoisotopic (exact) mass is 231 g/mol. The second kappa shape index (κ2) is 4.80. The lowest BCUT2D eigenvalue weighted by Crippen LogP contribution is -2.25. The number of hydroxylamine groups is 2. The number of carbonyl (C=O) groups excluding carboxylic acids is 1. The summed E-state index contributed by atoms with van der Waals surface area (Å²) in [5, 5.41) is 5.29. The SMILES string of the molecule is CON(C)C(=O)c1ccc(-n2cccn2)cc1. The van der Waals surface area contributed by atoms with Gasteiger partial charge in [-0.25, -0.2) is 9.75 Å². The van der Waals surface area contributed by atoms with E-state index in [2.05, 4.69) is 5.10 Å². The standard InChI is InChI=1S/C12H13N3O2/c1-14(17-2)12(16)10-4-6-11(7-5-10)15-9-3-8-13-15/h3-9H,1-2H3. The topological polar surface area (TPSA) is 47.4 Å². The summed E-state index contributed by atoms with van der Waals surface area (Å²) >= 11 is 0. The van der Waals surface area contributed by atoms with Gasteiger partial charge >= 0.3 is 0 Å². The van der Waals surface area contributed by atoms with Crippen LogP contribution in [0.2, 0.25) is 0 Å². The Morgan fingerprint density at radius 2 is 2.06 bits per heavy atom. The van der Waals surface area contributed by atoms with Crippen LogP contribution in [0, 0.1) is 0 Å². The van der Waals surface area contributed by atoms with Crippen LogP contribution in [0.15, 0.2) is 42.7 Å². The molecule has 17 heavy (non-hydrogen) atoms. The molecule has 1 heterocycles. The fourth-order valence-corrected chi connectivity index (χ4v) is 1.44. The highest BCUT2D eigenvalue weighted by atomic mass is 16.7. The molecule has 0 N–H and O–H groups in total. The Bertz CT molecular complexity index is 491. The Hall–Kier alpha value is -2.14. The fourth-order valence-electron chi connectivity index (χ4n) is 1.44. The first-order valence-electron chi connectivity index (χ1n) is 5.14. The highest BCUT2D eigenvalue weighted by Crippen LogP contribution is 2.10. The summed E-state index contributed by atoms with van der Waals surface area (Å²) in [5.74, 6) is -0.181. The average Bonchev–Trinajstić information content (AvgIpc) is 2.91. The minimum Gasteiger partial charge on any atom is -0.274 e.